The van der Waals surface area contributed by atoms with Crippen molar-refractivity contribution in [1.82, 2.24) is 9.55 Å². The molecule has 0 fully saturated rings. The third kappa shape index (κ3) is 4.62. The van der Waals surface area contributed by atoms with Crippen molar-refractivity contribution in [3.05, 3.63) is 93.7 Å². The number of carbonyl (C=O) groups excluding carboxylic acids is 2. The second-order valence-electron chi connectivity index (χ2n) is 7.34. The number of thioether (sulfide) groups is 1. The van der Waals surface area contributed by atoms with Gasteiger partial charge in [-0.05, 0) is 55.5 Å². The van der Waals surface area contributed by atoms with E-state index in [0.717, 1.165) is 23.9 Å². The van der Waals surface area contributed by atoms with Gasteiger partial charge in [0, 0.05) is 5.56 Å². The number of nitrogens with zero attached hydrogens (tertiary/aromatic N) is 2. The van der Waals surface area contributed by atoms with Crippen LogP contribution in [0.2, 0.25) is 0 Å². The highest BCUT2D eigenvalue weighted by molar-refractivity contribution is 8.00. The van der Waals surface area contributed by atoms with E-state index in [0.29, 0.717) is 5.76 Å². The van der Waals surface area contributed by atoms with Gasteiger partial charge in [0.1, 0.15) is 5.76 Å². The van der Waals surface area contributed by atoms with Crippen molar-refractivity contribution < 1.29 is 27.5 Å². The van der Waals surface area contributed by atoms with E-state index in [1.54, 1.807) is 19.1 Å². The Morgan fingerprint density at radius 1 is 1.12 bits per heavy atom. The number of esters is 1. The largest absolute Gasteiger partial charge is 0.467 e. The maximum Gasteiger partial charge on any atom is 0.337 e. The molecule has 174 valence electrons. The highest BCUT2D eigenvalue weighted by atomic mass is 32.2. The summed E-state index contributed by atoms with van der Waals surface area (Å²) in [6.45, 7) is 1.63. The molecule has 7 nitrogen and oxygen atoms in total. The average Bonchev–Trinajstić information content (AvgIpc) is 3.35. The van der Waals surface area contributed by atoms with E-state index in [2.05, 4.69) is 4.98 Å². The molecule has 0 amide bonds. The van der Waals surface area contributed by atoms with E-state index < -0.39 is 34.2 Å². The summed E-state index contributed by atoms with van der Waals surface area (Å²) < 4.78 is 38.4. The zero-order chi connectivity index (χ0) is 24.4. The number of rotatable bonds is 7. The van der Waals surface area contributed by atoms with Crippen LogP contribution in [0.3, 0.4) is 0 Å². The van der Waals surface area contributed by atoms with Crippen molar-refractivity contribution in [2.75, 3.05) is 7.11 Å². The Balaban J connectivity index is 1.77. The molecule has 1 atom stereocenters. The third-order valence-electron chi connectivity index (χ3n) is 5.09. The van der Waals surface area contributed by atoms with Crippen molar-refractivity contribution >= 4 is 34.4 Å². The maximum absolute atomic E-state index is 13.6. The normalized spacial score (nSPS) is 12.0. The number of ketones is 1. The van der Waals surface area contributed by atoms with Crippen molar-refractivity contribution in [3.8, 4) is 0 Å². The highest BCUT2D eigenvalue weighted by Crippen LogP contribution is 2.26. The Morgan fingerprint density at radius 2 is 1.88 bits per heavy atom. The van der Waals surface area contributed by atoms with E-state index in [1.165, 1.54) is 42.2 Å². The minimum absolute atomic E-state index is 0.00685. The predicted octanol–water partition coefficient (Wildman–Crippen LogP) is 4.47. The molecule has 2 aromatic carbocycles. The van der Waals surface area contributed by atoms with E-state index in [-0.39, 0.29) is 33.7 Å². The molecular formula is C24H18F2N2O5S. The van der Waals surface area contributed by atoms with Gasteiger partial charge in [0.25, 0.3) is 5.56 Å². The van der Waals surface area contributed by atoms with Crippen molar-refractivity contribution in [2.45, 2.75) is 23.9 Å². The number of ether oxygens (including phenoxy) is 1. The van der Waals surface area contributed by atoms with Crippen LogP contribution < -0.4 is 5.56 Å². The first-order valence-electron chi connectivity index (χ1n) is 10.1. The summed E-state index contributed by atoms with van der Waals surface area (Å²) in [5.41, 5.74) is 0.0616. The SMILES string of the molecule is COC(=O)c1ccc2c(=O)n(Cc3ccco3)c(SC(C)C(=O)c3ccc(F)c(F)c3)nc2c1. The summed E-state index contributed by atoms with van der Waals surface area (Å²) in [4.78, 5) is 42.6. The lowest BCUT2D eigenvalue weighted by molar-refractivity contribution is 0.0600. The molecule has 34 heavy (non-hydrogen) atoms. The number of Topliss-reactive ketones (excluding diaryl/α,β-unsaturated/α-hetero) is 1. The van der Waals surface area contributed by atoms with Crippen LogP contribution in [-0.4, -0.2) is 33.7 Å². The molecule has 4 rings (SSSR count). The summed E-state index contributed by atoms with van der Waals surface area (Å²) in [5, 5.41) is -0.330. The molecule has 2 aromatic heterocycles. The summed E-state index contributed by atoms with van der Waals surface area (Å²) in [7, 11) is 1.24. The van der Waals surface area contributed by atoms with Crippen LogP contribution in [-0.2, 0) is 11.3 Å². The lowest BCUT2D eigenvalue weighted by Crippen LogP contribution is -2.25. The molecular weight excluding hydrogens is 466 g/mol. The number of benzene rings is 2. The van der Waals surface area contributed by atoms with E-state index in [1.807, 2.05) is 0 Å². The van der Waals surface area contributed by atoms with Crippen LogP contribution in [0, 0.1) is 11.6 Å². The smallest absolute Gasteiger partial charge is 0.337 e. The van der Waals surface area contributed by atoms with E-state index in [4.69, 9.17) is 9.15 Å². The Bertz CT molecular complexity index is 1450. The van der Waals surface area contributed by atoms with Gasteiger partial charge in [-0.1, -0.05) is 11.8 Å². The highest BCUT2D eigenvalue weighted by Gasteiger charge is 2.22. The van der Waals surface area contributed by atoms with Crippen LogP contribution in [0.5, 0.6) is 0 Å². The molecule has 0 aliphatic heterocycles. The summed E-state index contributed by atoms with van der Waals surface area (Å²) in [5.74, 6) is -2.74. The van der Waals surface area contributed by atoms with Crippen LogP contribution >= 0.6 is 11.8 Å². The summed E-state index contributed by atoms with van der Waals surface area (Å²) in [6.07, 6.45) is 1.47. The first-order valence-corrected chi connectivity index (χ1v) is 11.0. The number of fused-ring (bicyclic) bond motifs is 1. The Hall–Kier alpha value is -3.79. The van der Waals surface area contributed by atoms with Gasteiger partial charge in [-0.15, -0.1) is 0 Å². The van der Waals surface area contributed by atoms with Crippen LogP contribution in [0.15, 0.2) is 69.2 Å². The molecule has 2 heterocycles. The fraction of sp³-hybridized carbons (Fsp3) is 0.167. The fourth-order valence-corrected chi connectivity index (χ4v) is 4.31. The number of methoxy groups -OCH3 is 1. The quantitative estimate of drug-likeness (QED) is 0.165. The lowest BCUT2D eigenvalue weighted by atomic mass is 10.1. The average molecular weight is 484 g/mol. The first kappa shape index (κ1) is 23.4. The van der Waals surface area contributed by atoms with Gasteiger partial charge in [0.05, 0.1) is 41.6 Å². The van der Waals surface area contributed by atoms with Gasteiger partial charge >= 0.3 is 5.97 Å². The molecule has 0 N–H and O–H groups in total. The van der Waals surface area contributed by atoms with Crippen molar-refractivity contribution in [1.29, 1.82) is 0 Å². The van der Waals surface area contributed by atoms with E-state index in [9.17, 15) is 23.2 Å². The lowest BCUT2D eigenvalue weighted by Gasteiger charge is -2.16. The first-order chi connectivity index (χ1) is 16.3. The van der Waals surface area contributed by atoms with Gasteiger partial charge in [-0.25, -0.2) is 18.6 Å². The maximum atomic E-state index is 13.6. The number of carbonyl (C=O) groups is 2. The summed E-state index contributed by atoms with van der Waals surface area (Å²) in [6, 6.07) is 10.7. The second kappa shape index (κ2) is 9.60. The van der Waals surface area contributed by atoms with Crippen molar-refractivity contribution in [3.63, 3.8) is 0 Å². The minimum atomic E-state index is -1.13. The van der Waals surface area contributed by atoms with Gasteiger partial charge in [-0.2, -0.15) is 0 Å². The van der Waals surface area contributed by atoms with Gasteiger partial charge in [0.2, 0.25) is 0 Å². The zero-order valence-corrected chi connectivity index (χ0v) is 18.9. The third-order valence-corrected chi connectivity index (χ3v) is 6.18. The minimum Gasteiger partial charge on any atom is -0.467 e. The Morgan fingerprint density at radius 3 is 2.56 bits per heavy atom. The number of hydrogen-bond acceptors (Lipinski definition) is 7. The molecule has 0 radical (unpaired) electrons. The van der Waals surface area contributed by atoms with Crippen LogP contribution in [0.25, 0.3) is 10.9 Å². The molecule has 0 bridgehead atoms. The molecule has 4 aromatic rings. The number of aromatic nitrogens is 2. The molecule has 0 saturated carbocycles. The standard InChI is InChI=1S/C24H18F2N2O5S/c1-13(21(29)14-6-8-18(25)19(26)10-14)34-24-27-20-11-15(23(31)32-2)5-7-17(20)22(30)28(24)12-16-4-3-9-33-16/h3-11,13H,12H2,1-2H3. The Kier molecular flexibility index (Phi) is 6.60. The summed E-state index contributed by atoms with van der Waals surface area (Å²) >= 11 is 0.982. The molecule has 0 aliphatic rings. The molecule has 0 saturated heterocycles. The monoisotopic (exact) mass is 484 g/mol. The molecule has 0 aliphatic carbocycles. The number of hydrogen-bond donors (Lipinski definition) is 0. The molecule has 10 heteroatoms. The van der Waals surface area contributed by atoms with Crippen LogP contribution in [0.4, 0.5) is 8.78 Å². The number of halogens is 2. The number of furan rings is 1. The topological polar surface area (TPSA) is 91.4 Å². The Labute approximate surface area is 196 Å². The second-order valence-corrected chi connectivity index (χ2v) is 8.65. The van der Waals surface area contributed by atoms with E-state index >= 15 is 0 Å². The van der Waals surface area contributed by atoms with Crippen LogP contribution in [0.1, 0.15) is 33.4 Å². The van der Waals surface area contributed by atoms with Gasteiger partial charge in [0.15, 0.2) is 22.6 Å². The van der Waals surface area contributed by atoms with Gasteiger partial charge < -0.3 is 9.15 Å². The van der Waals surface area contributed by atoms with Crippen molar-refractivity contribution in [2.24, 2.45) is 0 Å². The zero-order valence-electron chi connectivity index (χ0n) is 18.1. The van der Waals surface area contributed by atoms with Gasteiger partial charge in [-0.3, -0.25) is 14.2 Å². The molecule has 1 unspecified atom stereocenters. The predicted molar refractivity (Wildman–Crippen MR) is 121 cm³/mol. The fourth-order valence-electron chi connectivity index (χ4n) is 3.33. The molecule has 0 spiro atoms.